The van der Waals surface area contributed by atoms with Crippen molar-refractivity contribution in [2.45, 2.75) is 32.2 Å². The molecule has 3 N–H and O–H groups in total. The molecule has 6 heteroatoms. The highest BCUT2D eigenvalue weighted by Gasteiger charge is 2.16. The van der Waals surface area contributed by atoms with Crippen molar-refractivity contribution in [2.75, 3.05) is 13.1 Å². The van der Waals surface area contributed by atoms with E-state index in [0.29, 0.717) is 23.9 Å². The van der Waals surface area contributed by atoms with E-state index in [9.17, 15) is 4.79 Å². The zero-order chi connectivity index (χ0) is 15.4. The number of hydrogen-bond donors (Lipinski definition) is 3. The van der Waals surface area contributed by atoms with E-state index >= 15 is 0 Å². The molecule has 0 bridgehead atoms. The number of carbonyl (C=O) groups is 1. The van der Waals surface area contributed by atoms with Crippen molar-refractivity contribution in [2.24, 2.45) is 0 Å². The summed E-state index contributed by atoms with van der Waals surface area (Å²) in [5, 5.41) is 13.0. The number of H-pyrrole nitrogens is 1. The third-order valence-electron chi connectivity index (χ3n) is 3.97. The molecule has 2 aromatic rings. The first-order chi connectivity index (χ1) is 10.7. The second-order valence-corrected chi connectivity index (χ2v) is 5.69. The Morgan fingerprint density at radius 3 is 3.09 bits per heavy atom. The van der Waals surface area contributed by atoms with Crippen LogP contribution in [0.25, 0.3) is 0 Å². The summed E-state index contributed by atoms with van der Waals surface area (Å²) >= 11 is 0. The standard InChI is InChI=1S/C16H21N5O/c1-11-19-15(21-20-11)10-18-16(22)13-5-2-4-12(8-13)14-6-3-7-17-9-14/h2,4-5,8,14,17H,3,6-7,9-10H2,1H3,(H,18,22)(H,19,20,21)/t14-/m0/s1. The Morgan fingerprint density at radius 2 is 2.36 bits per heavy atom. The molecule has 1 aromatic carbocycles. The molecule has 6 nitrogen and oxygen atoms in total. The van der Waals surface area contributed by atoms with E-state index < -0.39 is 0 Å². The lowest BCUT2D eigenvalue weighted by Gasteiger charge is -2.23. The number of amides is 1. The molecule has 0 spiro atoms. The zero-order valence-electron chi connectivity index (χ0n) is 12.7. The van der Waals surface area contributed by atoms with Crippen molar-refractivity contribution in [1.82, 2.24) is 25.8 Å². The molecule has 0 radical (unpaired) electrons. The van der Waals surface area contributed by atoms with Crippen molar-refractivity contribution in [3.05, 3.63) is 47.0 Å². The van der Waals surface area contributed by atoms with Crippen LogP contribution in [0.3, 0.4) is 0 Å². The number of aromatic nitrogens is 3. The molecule has 0 saturated carbocycles. The molecule has 22 heavy (non-hydrogen) atoms. The van der Waals surface area contributed by atoms with E-state index in [-0.39, 0.29) is 5.91 Å². The van der Waals surface area contributed by atoms with Crippen LogP contribution in [0.2, 0.25) is 0 Å². The minimum Gasteiger partial charge on any atom is -0.345 e. The second kappa shape index (κ2) is 6.70. The molecule has 1 amide bonds. The summed E-state index contributed by atoms with van der Waals surface area (Å²) in [5.41, 5.74) is 1.92. The van der Waals surface area contributed by atoms with Crippen LogP contribution in [0.5, 0.6) is 0 Å². The van der Waals surface area contributed by atoms with Crippen LogP contribution in [-0.4, -0.2) is 34.2 Å². The predicted molar refractivity (Wildman–Crippen MR) is 83.6 cm³/mol. The number of aromatic amines is 1. The van der Waals surface area contributed by atoms with Crippen molar-refractivity contribution in [3.8, 4) is 0 Å². The quantitative estimate of drug-likeness (QED) is 0.799. The van der Waals surface area contributed by atoms with Crippen LogP contribution in [0, 0.1) is 6.92 Å². The minimum atomic E-state index is -0.0897. The molecule has 0 unspecified atom stereocenters. The van der Waals surface area contributed by atoms with Crippen molar-refractivity contribution in [1.29, 1.82) is 0 Å². The molecule has 1 aliphatic heterocycles. The van der Waals surface area contributed by atoms with Crippen molar-refractivity contribution >= 4 is 5.91 Å². The van der Waals surface area contributed by atoms with Crippen LogP contribution in [0.4, 0.5) is 0 Å². The minimum absolute atomic E-state index is 0.0897. The van der Waals surface area contributed by atoms with Crippen LogP contribution in [0.1, 0.15) is 46.3 Å². The summed E-state index contributed by atoms with van der Waals surface area (Å²) in [6.07, 6.45) is 2.36. The number of aryl methyl sites for hydroxylation is 1. The lowest BCUT2D eigenvalue weighted by molar-refractivity contribution is 0.0949. The fourth-order valence-corrected chi connectivity index (χ4v) is 2.80. The van der Waals surface area contributed by atoms with E-state index in [1.807, 2.05) is 25.1 Å². The first-order valence-corrected chi connectivity index (χ1v) is 7.69. The smallest absolute Gasteiger partial charge is 0.251 e. The first-order valence-electron chi connectivity index (χ1n) is 7.69. The van der Waals surface area contributed by atoms with Crippen LogP contribution in [-0.2, 0) is 6.54 Å². The Balaban J connectivity index is 1.64. The molecular weight excluding hydrogens is 278 g/mol. The maximum Gasteiger partial charge on any atom is 0.251 e. The van der Waals surface area contributed by atoms with Crippen LogP contribution >= 0.6 is 0 Å². The van der Waals surface area contributed by atoms with Gasteiger partial charge in [-0.2, -0.15) is 5.10 Å². The van der Waals surface area contributed by atoms with Gasteiger partial charge in [0.2, 0.25) is 0 Å². The molecule has 1 saturated heterocycles. The lowest BCUT2D eigenvalue weighted by Crippen LogP contribution is -2.28. The largest absolute Gasteiger partial charge is 0.345 e. The van der Waals surface area contributed by atoms with Gasteiger partial charge in [0.05, 0.1) is 6.54 Å². The van der Waals surface area contributed by atoms with E-state index in [4.69, 9.17) is 0 Å². The third-order valence-corrected chi connectivity index (χ3v) is 3.97. The van der Waals surface area contributed by atoms with Gasteiger partial charge in [-0.1, -0.05) is 12.1 Å². The molecule has 1 atom stereocenters. The van der Waals surface area contributed by atoms with Gasteiger partial charge in [0.25, 0.3) is 5.91 Å². The lowest BCUT2D eigenvalue weighted by atomic mass is 9.90. The number of benzene rings is 1. The highest BCUT2D eigenvalue weighted by atomic mass is 16.1. The number of nitrogens with one attached hydrogen (secondary N) is 3. The molecule has 1 aromatic heterocycles. The Morgan fingerprint density at radius 1 is 1.45 bits per heavy atom. The van der Waals surface area contributed by atoms with Gasteiger partial charge in [-0.15, -0.1) is 0 Å². The summed E-state index contributed by atoms with van der Waals surface area (Å²) in [6, 6.07) is 7.90. The van der Waals surface area contributed by atoms with Crippen LogP contribution < -0.4 is 10.6 Å². The van der Waals surface area contributed by atoms with E-state index in [2.05, 4.69) is 31.9 Å². The molecular formula is C16H21N5O. The predicted octanol–water partition coefficient (Wildman–Crippen LogP) is 1.51. The average molecular weight is 299 g/mol. The van der Waals surface area contributed by atoms with E-state index in [1.54, 1.807) is 0 Å². The monoisotopic (exact) mass is 299 g/mol. The molecule has 0 aliphatic carbocycles. The van der Waals surface area contributed by atoms with Crippen LogP contribution in [0.15, 0.2) is 24.3 Å². The highest BCUT2D eigenvalue weighted by Crippen LogP contribution is 2.23. The normalized spacial score (nSPS) is 18.1. The Bertz CT molecular complexity index is 645. The van der Waals surface area contributed by atoms with Gasteiger partial charge in [-0.25, -0.2) is 4.98 Å². The molecule has 3 rings (SSSR count). The number of hydrogen-bond acceptors (Lipinski definition) is 4. The first kappa shape index (κ1) is 14.7. The topological polar surface area (TPSA) is 82.7 Å². The number of carbonyl (C=O) groups excluding carboxylic acids is 1. The Kier molecular flexibility index (Phi) is 4.48. The fourth-order valence-electron chi connectivity index (χ4n) is 2.80. The summed E-state index contributed by atoms with van der Waals surface area (Å²) in [4.78, 5) is 16.4. The van der Waals surface area contributed by atoms with Gasteiger partial charge in [0.1, 0.15) is 5.82 Å². The third kappa shape index (κ3) is 3.51. The zero-order valence-corrected chi connectivity index (χ0v) is 12.7. The van der Waals surface area contributed by atoms with E-state index in [1.165, 1.54) is 18.4 Å². The van der Waals surface area contributed by atoms with Gasteiger partial charge in [0.15, 0.2) is 5.82 Å². The highest BCUT2D eigenvalue weighted by molar-refractivity contribution is 5.94. The average Bonchev–Trinajstić information content (AvgIpc) is 2.99. The van der Waals surface area contributed by atoms with Gasteiger partial charge in [0, 0.05) is 12.1 Å². The maximum atomic E-state index is 12.3. The van der Waals surface area contributed by atoms with Crippen molar-refractivity contribution in [3.63, 3.8) is 0 Å². The molecule has 116 valence electrons. The summed E-state index contributed by atoms with van der Waals surface area (Å²) < 4.78 is 0. The molecule has 2 heterocycles. The summed E-state index contributed by atoms with van der Waals surface area (Å²) in [5.74, 6) is 1.75. The Labute approximate surface area is 129 Å². The molecule has 1 fully saturated rings. The number of piperidine rings is 1. The number of rotatable bonds is 4. The molecule has 1 aliphatic rings. The summed E-state index contributed by atoms with van der Waals surface area (Å²) in [7, 11) is 0. The van der Waals surface area contributed by atoms with Gasteiger partial charge in [-0.3, -0.25) is 9.89 Å². The number of nitrogens with zero attached hydrogens (tertiary/aromatic N) is 2. The van der Waals surface area contributed by atoms with Gasteiger partial charge >= 0.3 is 0 Å². The SMILES string of the molecule is Cc1nc(CNC(=O)c2cccc([C@H]3CCCNC3)c2)n[nH]1. The van der Waals surface area contributed by atoms with E-state index in [0.717, 1.165) is 18.9 Å². The second-order valence-electron chi connectivity index (χ2n) is 5.69. The van der Waals surface area contributed by atoms with Gasteiger partial charge in [-0.05, 0) is 49.9 Å². The summed E-state index contributed by atoms with van der Waals surface area (Å²) in [6.45, 7) is 4.24. The van der Waals surface area contributed by atoms with Crippen molar-refractivity contribution < 1.29 is 4.79 Å². The fraction of sp³-hybridized carbons (Fsp3) is 0.438. The maximum absolute atomic E-state index is 12.3. The Hall–Kier alpha value is -2.21. The van der Waals surface area contributed by atoms with Gasteiger partial charge < -0.3 is 10.6 Å².